The number of rotatable bonds is 6. The minimum absolute atomic E-state index is 0.0288. The molecule has 1 amide bonds. The molecular weight excluding hydrogens is 428 g/mol. The number of nitrogens with zero attached hydrogens (tertiary/aromatic N) is 4. The maximum absolute atomic E-state index is 13.8. The van der Waals surface area contributed by atoms with Crippen molar-refractivity contribution in [2.24, 2.45) is 0 Å². The number of amides is 1. The van der Waals surface area contributed by atoms with Crippen molar-refractivity contribution < 1.29 is 17.6 Å². The number of hydrogen-bond donors (Lipinski definition) is 0. The van der Waals surface area contributed by atoms with Gasteiger partial charge in [-0.3, -0.25) is 4.79 Å². The van der Waals surface area contributed by atoms with Crippen molar-refractivity contribution in [3.05, 3.63) is 48.1 Å². The predicted octanol–water partition coefficient (Wildman–Crippen LogP) is 3.70. The Morgan fingerprint density at radius 1 is 1.38 bits per heavy atom. The Labute approximate surface area is 187 Å². The van der Waals surface area contributed by atoms with E-state index in [1.807, 2.05) is 33.8 Å². The second-order valence-electron chi connectivity index (χ2n) is 8.61. The highest BCUT2D eigenvalue weighted by atomic mass is 32.2. The van der Waals surface area contributed by atoms with Crippen LogP contribution >= 0.6 is 0 Å². The smallest absolute Gasteiger partial charge is 0.255 e. The number of sulfone groups is 1. The summed E-state index contributed by atoms with van der Waals surface area (Å²) in [4.78, 5) is 20.2. The summed E-state index contributed by atoms with van der Waals surface area (Å²) < 4.78 is 31.6. The highest BCUT2D eigenvalue weighted by molar-refractivity contribution is 7.91. The largest absolute Gasteiger partial charge is 0.466 e. The maximum atomic E-state index is 13.8. The van der Waals surface area contributed by atoms with Gasteiger partial charge in [0.15, 0.2) is 15.5 Å². The van der Waals surface area contributed by atoms with E-state index in [0.717, 1.165) is 11.3 Å². The Morgan fingerprint density at radius 3 is 2.69 bits per heavy atom. The zero-order valence-electron chi connectivity index (χ0n) is 18.8. The Bertz CT molecular complexity index is 1300. The second-order valence-corrected chi connectivity index (χ2v) is 10.8. The molecule has 32 heavy (non-hydrogen) atoms. The molecular formula is C23H28N4O4S. The van der Waals surface area contributed by atoms with Crippen LogP contribution in [0.2, 0.25) is 0 Å². The van der Waals surface area contributed by atoms with Gasteiger partial charge >= 0.3 is 0 Å². The third-order valence-electron chi connectivity index (χ3n) is 5.84. The molecule has 1 atom stereocenters. The molecule has 9 heteroatoms. The first-order valence-corrected chi connectivity index (χ1v) is 12.5. The number of carbonyl (C=O) groups is 1. The average molecular weight is 457 g/mol. The fraction of sp³-hybridized carbons (Fsp3) is 0.435. The lowest BCUT2D eigenvalue weighted by Gasteiger charge is -2.27. The first-order valence-electron chi connectivity index (χ1n) is 10.7. The van der Waals surface area contributed by atoms with Crippen molar-refractivity contribution in [3.8, 4) is 11.3 Å². The molecule has 0 aromatic carbocycles. The van der Waals surface area contributed by atoms with Gasteiger partial charge in [0.25, 0.3) is 5.91 Å². The molecule has 1 fully saturated rings. The number of furan rings is 1. The normalized spacial score (nSPS) is 17.8. The Balaban J connectivity index is 1.89. The van der Waals surface area contributed by atoms with Gasteiger partial charge in [-0.1, -0.05) is 6.08 Å². The van der Waals surface area contributed by atoms with E-state index in [1.165, 1.54) is 0 Å². The molecule has 4 rings (SSSR count). The van der Waals surface area contributed by atoms with Gasteiger partial charge in [0.05, 0.1) is 34.3 Å². The first-order chi connectivity index (χ1) is 15.1. The molecule has 3 aromatic heterocycles. The van der Waals surface area contributed by atoms with Crippen LogP contribution in [-0.4, -0.2) is 58.1 Å². The number of aryl methyl sites for hydroxylation is 2. The molecule has 1 unspecified atom stereocenters. The molecule has 1 aliphatic heterocycles. The van der Waals surface area contributed by atoms with Crippen LogP contribution in [0.15, 0.2) is 35.4 Å². The van der Waals surface area contributed by atoms with Crippen LogP contribution in [-0.2, 0) is 9.84 Å². The standard InChI is InChI=1S/C23H28N4O4S/c1-6-8-26(17-7-9-32(29,30)13-17)23(28)19-11-21(18-10-15(4)31-16(18)5)25-22-20(19)12-24-27(22)14(2)3/h6,10-12,14,17H,1,7-9,13H2,2-5H3. The zero-order valence-corrected chi connectivity index (χ0v) is 19.6. The van der Waals surface area contributed by atoms with Crippen LogP contribution in [0.4, 0.5) is 0 Å². The van der Waals surface area contributed by atoms with E-state index in [2.05, 4.69) is 11.7 Å². The molecule has 1 aliphatic rings. The fourth-order valence-electron chi connectivity index (χ4n) is 4.31. The maximum Gasteiger partial charge on any atom is 0.255 e. The Kier molecular flexibility index (Phi) is 5.70. The van der Waals surface area contributed by atoms with E-state index in [0.29, 0.717) is 34.5 Å². The van der Waals surface area contributed by atoms with Crippen molar-refractivity contribution >= 4 is 26.8 Å². The van der Waals surface area contributed by atoms with E-state index in [1.54, 1.807) is 27.9 Å². The fourth-order valence-corrected chi connectivity index (χ4v) is 6.04. The van der Waals surface area contributed by atoms with Gasteiger partial charge in [0.1, 0.15) is 11.5 Å². The van der Waals surface area contributed by atoms with Gasteiger partial charge in [0, 0.05) is 24.2 Å². The SMILES string of the molecule is C=CCN(C(=O)c1cc(-c2cc(C)oc2C)nc2c1cnn2C(C)C)C1CCS(=O)(=O)C1. The van der Waals surface area contributed by atoms with Crippen molar-refractivity contribution in [2.75, 3.05) is 18.1 Å². The molecule has 1 saturated heterocycles. The topological polar surface area (TPSA) is 98.3 Å². The Hall–Kier alpha value is -2.94. The summed E-state index contributed by atoms with van der Waals surface area (Å²) in [7, 11) is -3.15. The lowest BCUT2D eigenvalue weighted by atomic mass is 10.0. The number of aromatic nitrogens is 3. The molecule has 170 valence electrons. The zero-order chi connectivity index (χ0) is 23.2. The third-order valence-corrected chi connectivity index (χ3v) is 7.59. The van der Waals surface area contributed by atoms with Crippen LogP contribution in [0.3, 0.4) is 0 Å². The molecule has 8 nitrogen and oxygen atoms in total. The van der Waals surface area contributed by atoms with Crippen LogP contribution in [0, 0.1) is 13.8 Å². The summed E-state index contributed by atoms with van der Waals surface area (Å²) in [6.07, 6.45) is 3.71. The van der Waals surface area contributed by atoms with Gasteiger partial charge in [0.2, 0.25) is 0 Å². The van der Waals surface area contributed by atoms with Crippen molar-refractivity contribution in [3.63, 3.8) is 0 Å². The molecule has 3 aromatic rings. The van der Waals surface area contributed by atoms with Gasteiger partial charge in [-0.05, 0) is 46.2 Å². The van der Waals surface area contributed by atoms with Crippen molar-refractivity contribution in [1.82, 2.24) is 19.7 Å². The summed E-state index contributed by atoms with van der Waals surface area (Å²) in [5.74, 6) is 1.29. The number of carbonyl (C=O) groups excluding carboxylic acids is 1. The molecule has 0 bridgehead atoms. The minimum Gasteiger partial charge on any atom is -0.466 e. The van der Waals surface area contributed by atoms with Crippen molar-refractivity contribution in [1.29, 1.82) is 0 Å². The van der Waals surface area contributed by atoms with Gasteiger partial charge in [-0.25, -0.2) is 18.1 Å². The van der Waals surface area contributed by atoms with E-state index >= 15 is 0 Å². The number of fused-ring (bicyclic) bond motifs is 1. The summed E-state index contributed by atoms with van der Waals surface area (Å²) in [6.45, 7) is 11.8. The van der Waals surface area contributed by atoms with E-state index in [4.69, 9.17) is 9.40 Å². The van der Waals surface area contributed by atoms with Crippen molar-refractivity contribution in [2.45, 2.75) is 46.2 Å². The third kappa shape index (κ3) is 3.97. The van der Waals surface area contributed by atoms with Crippen LogP contribution in [0.25, 0.3) is 22.3 Å². The first kappa shape index (κ1) is 22.3. The molecule has 4 heterocycles. The number of hydrogen-bond acceptors (Lipinski definition) is 6. The van der Waals surface area contributed by atoms with Crippen LogP contribution in [0.1, 0.15) is 48.2 Å². The molecule has 0 N–H and O–H groups in total. The van der Waals surface area contributed by atoms with Gasteiger partial charge in [-0.2, -0.15) is 5.10 Å². The van der Waals surface area contributed by atoms with Crippen LogP contribution in [0.5, 0.6) is 0 Å². The minimum atomic E-state index is -3.15. The highest BCUT2D eigenvalue weighted by Gasteiger charge is 2.35. The lowest BCUT2D eigenvalue weighted by Crippen LogP contribution is -2.41. The molecule has 0 saturated carbocycles. The Morgan fingerprint density at radius 2 is 2.12 bits per heavy atom. The van der Waals surface area contributed by atoms with E-state index in [9.17, 15) is 13.2 Å². The average Bonchev–Trinajstić information content (AvgIpc) is 3.40. The lowest BCUT2D eigenvalue weighted by molar-refractivity contribution is 0.0722. The molecule has 0 spiro atoms. The second kappa shape index (κ2) is 8.20. The van der Waals surface area contributed by atoms with Gasteiger partial charge < -0.3 is 9.32 Å². The monoisotopic (exact) mass is 456 g/mol. The summed E-state index contributed by atoms with van der Waals surface area (Å²) >= 11 is 0. The highest BCUT2D eigenvalue weighted by Crippen LogP contribution is 2.31. The summed E-state index contributed by atoms with van der Waals surface area (Å²) in [6, 6.07) is 3.33. The van der Waals surface area contributed by atoms with Gasteiger partial charge in [-0.15, -0.1) is 6.58 Å². The number of pyridine rings is 1. The predicted molar refractivity (Wildman–Crippen MR) is 123 cm³/mol. The van der Waals surface area contributed by atoms with Crippen LogP contribution < -0.4 is 0 Å². The van der Waals surface area contributed by atoms with E-state index in [-0.39, 0.29) is 36.0 Å². The molecule has 0 aliphatic carbocycles. The quantitative estimate of drug-likeness (QED) is 0.525. The molecule has 0 radical (unpaired) electrons. The summed E-state index contributed by atoms with van der Waals surface area (Å²) in [5.41, 5.74) is 2.49. The summed E-state index contributed by atoms with van der Waals surface area (Å²) in [5, 5.41) is 5.11. The van der Waals surface area contributed by atoms with E-state index < -0.39 is 9.84 Å².